The first-order valence-electron chi connectivity index (χ1n) is 6.36. The molecule has 1 rings (SSSR count). The number of carbonyl (C=O) groups excluding carboxylic acids is 2. The molecule has 0 saturated carbocycles. The molecule has 0 aromatic rings. The predicted octanol–water partition coefficient (Wildman–Crippen LogP) is 2.48. The van der Waals surface area contributed by atoms with E-state index in [1.807, 2.05) is 6.92 Å². The molecule has 1 aliphatic rings. The van der Waals surface area contributed by atoms with Crippen molar-refractivity contribution in [2.45, 2.75) is 39.5 Å². The molecule has 102 valence electrons. The highest BCUT2D eigenvalue weighted by molar-refractivity contribution is 5.90. The van der Waals surface area contributed by atoms with Crippen molar-refractivity contribution in [2.75, 3.05) is 14.2 Å². The Balaban J connectivity index is 2.65. The molecule has 0 aliphatic heterocycles. The van der Waals surface area contributed by atoms with E-state index in [4.69, 9.17) is 4.74 Å². The lowest BCUT2D eigenvalue weighted by Crippen LogP contribution is -2.19. The zero-order valence-electron chi connectivity index (χ0n) is 11.6. The fourth-order valence-corrected chi connectivity index (χ4v) is 2.62. The van der Waals surface area contributed by atoms with E-state index in [2.05, 4.69) is 11.7 Å². The highest BCUT2D eigenvalue weighted by Crippen LogP contribution is 2.38. The Bertz CT molecular complexity index is 357. The molecule has 4 heteroatoms. The normalized spacial score (nSPS) is 20.8. The van der Waals surface area contributed by atoms with Crippen molar-refractivity contribution >= 4 is 11.9 Å². The molecule has 0 aromatic carbocycles. The van der Waals surface area contributed by atoms with Crippen molar-refractivity contribution < 1.29 is 19.1 Å². The van der Waals surface area contributed by atoms with Gasteiger partial charge in [0.15, 0.2) is 0 Å². The molecule has 0 N–H and O–H groups in total. The SMILES string of the molecule is COC(=O)CC[C@@H](C)[C@@H]1CCC(C)=C1C(=O)OC. The van der Waals surface area contributed by atoms with Crippen LogP contribution in [0.1, 0.15) is 39.5 Å². The molecule has 18 heavy (non-hydrogen) atoms. The molecule has 0 spiro atoms. The van der Waals surface area contributed by atoms with Gasteiger partial charge in [-0.2, -0.15) is 0 Å². The standard InChI is InChI=1S/C14H22O4/c1-9(6-8-12(15)17-3)11-7-5-10(2)13(11)14(16)18-4/h9,11H,5-8H2,1-4H3/t9-,11+/m1/s1. The number of carbonyl (C=O) groups is 2. The van der Waals surface area contributed by atoms with Gasteiger partial charge in [-0.3, -0.25) is 4.79 Å². The summed E-state index contributed by atoms with van der Waals surface area (Å²) in [5, 5.41) is 0. The Morgan fingerprint density at radius 3 is 2.56 bits per heavy atom. The van der Waals surface area contributed by atoms with Crippen LogP contribution in [0.4, 0.5) is 0 Å². The van der Waals surface area contributed by atoms with Crippen LogP contribution >= 0.6 is 0 Å². The van der Waals surface area contributed by atoms with Gasteiger partial charge in [-0.1, -0.05) is 12.5 Å². The fraction of sp³-hybridized carbons (Fsp3) is 0.714. The summed E-state index contributed by atoms with van der Waals surface area (Å²) < 4.78 is 9.48. The van der Waals surface area contributed by atoms with Gasteiger partial charge >= 0.3 is 11.9 Å². The van der Waals surface area contributed by atoms with Gasteiger partial charge in [0, 0.05) is 12.0 Å². The summed E-state index contributed by atoms with van der Waals surface area (Å²) in [5.41, 5.74) is 1.94. The van der Waals surface area contributed by atoms with Gasteiger partial charge < -0.3 is 9.47 Å². The Kier molecular flexibility index (Phi) is 5.38. The van der Waals surface area contributed by atoms with Crippen molar-refractivity contribution in [1.82, 2.24) is 0 Å². The van der Waals surface area contributed by atoms with Crippen molar-refractivity contribution in [3.8, 4) is 0 Å². The number of hydrogen-bond donors (Lipinski definition) is 0. The minimum Gasteiger partial charge on any atom is -0.469 e. The minimum absolute atomic E-state index is 0.194. The quantitative estimate of drug-likeness (QED) is 0.707. The molecular formula is C14H22O4. The van der Waals surface area contributed by atoms with Crippen LogP contribution in [0.5, 0.6) is 0 Å². The summed E-state index contributed by atoms with van der Waals surface area (Å²) in [7, 11) is 2.81. The maximum absolute atomic E-state index is 11.8. The van der Waals surface area contributed by atoms with Crippen molar-refractivity contribution in [2.24, 2.45) is 11.8 Å². The number of rotatable bonds is 5. The Morgan fingerprint density at radius 1 is 1.33 bits per heavy atom. The van der Waals surface area contributed by atoms with Gasteiger partial charge in [0.1, 0.15) is 0 Å². The van der Waals surface area contributed by atoms with Gasteiger partial charge in [0.25, 0.3) is 0 Å². The van der Waals surface area contributed by atoms with E-state index in [1.54, 1.807) is 0 Å². The summed E-state index contributed by atoms with van der Waals surface area (Å²) >= 11 is 0. The fourth-order valence-electron chi connectivity index (χ4n) is 2.62. The molecule has 0 fully saturated rings. The lowest BCUT2D eigenvalue weighted by molar-refractivity contribution is -0.141. The van der Waals surface area contributed by atoms with Crippen molar-refractivity contribution in [3.63, 3.8) is 0 Å². The minimum atomic E-state index is -0.222. The monoisotopic (exact) mass is 254 g/mol. The summed E-state index contributed by atoms with van der Waals surface area (Å²) in [5.74, 6) is 0.0813. The highest BCUT2D eigenvalue weighted by atomic mass is 16.5. The molecule has 0 unspecified atom stereocenters. The number of esters is 2. The van der Waals surface area contributed by atoms with E-state index in [-0.39, 0.29) is 23.8 Å². The second-order valence-corrected chi connectivity index (χ2v) is 4.92. The maximum Gasteiger partial charge on any atom is 0.333 e. The lowest BCUT2D eigenvalue weighted by atomic mass is 9.85. The van der Waals surface area contributed by atoms with E-state index < -0.39 is 0 Å². The van der Waals surface area contributed by atoms with Gasteiger partial charge in [0.05, 0.1) is 14.2 Å². The Labute approximate surface area is 108 Å². The van der Waals surface area contributed by atoms with E-state index in [0.29, 0.717) is 6.42 Å². The zero-order valence-corrected chi connectivity index (χ0v) is 11.6. The smallest absolute Gasteiger partial charge is 0.333 e. The third-order valence-electron chi connectivity index (χ3n) is 3.78. The molecule has 0 amide bonds. The molecule has 0 radical (unpaired) electrons. The third kappa shape index (κ3) is 3.34. The second-order valence-electron chi connectivity index (χ2n) is 4.92. The molecule has 4 nitrogen and oxygen atoms in total. The average Bonchev–Trinajstić information content (AvgIpc) is 2.76. The first-order valence-corrected chi connectivity index (χ1v) is 6.36. The second kappa shape index (κ2) is 6.57. The van der Waals surface area contributed by atoms with E-state index in [1.165, 1.54) is 14.2 Å². The van der Waals surface area contributed by atoms with Crippen LogP contribution in [-0.4, -0.2) is 26.2 Å². The molecule has 0 aromatic heterocycles. The first-order chi connectivity index (χ1) is 8.51. The van der Waals surface area contributed by atoms with E-state index >= 15 is 0 Å². The molecular weight excluding hydrogens is 232 g/mol. The molecule has 0 saturated heterocycles. The van der Waals surface area contributed by atoms with Crippen LogP contribution in [0.2, 0.25) is 0 Å². The van der Waals surface area contributed by atoms with Crippen LogP contribution in [0.25, 0.3) is 0 Å². The van der Waals surface area contributed by atoms with Gasteiger partial charge in [-0.15, -0.1) is 0 Å². The third-order valence-corrected chi connectivity index (χ3v) is 3.78. The summed E-state index contributed by atoms with van der Waals surface area (Å²) in [6, 6.07) is 0. The molecule has 2 atom stereocenters. The van der Waals surface area contributed by atoms with Crippen LogP contribution in [0.3, 0.4) is 0 Å². The van der Waals surface area contributed by atoms with Crippen LogP contribution < -0.4 is 0 Å². The first kappa shape index (κ1) is 14.7. The molecule has 1 aliphatic carbocycles. The van der Waals surface area contributed by atoms with Gasteiger partial charge in [-0.25, -0.2) is 4.79 Å². The van der Waals surface area contributed by atoms with E-state index in [0.717, 1.165) is 30.4 Å². The van der Waals surface area contributed by atoms with Crippen molar-refractivity contribution in [1.29, 1.82) is 0 Å². The maximum atomic E-state index is 11.8. The van der Waals surface area contributed by atoms with Crippen LogP contribution in [-0.2, 0) is 19.1 Å². The van der Waals surface area contributed by atoms with Gasteiger partial charge in [0.2, 0.25) is 0 Å². The number of ether oxygens (including phenoxy) is 2. The largest absolute Gasteiger partial charge is 0.469 e. The predicted molar refractivity (Wildman–Crippen MR) is 67.9 cm³/mol. The van der Waals surface area contributed by atoms with E-state index in [9.17, 15) is 9.59 Å². The topological polar surface area (TPSA) is 52.6 Å². The highest BCUT2D eigenvalue weighted by Gasteiger charge is 2.33. The number of hydrogen-bond acceptors (Lipinski definition) is 4. The lowest BCUT2D eigenvalue weighted by Gasteiger charge is -2.21. The number of methoxy groups -OCH3 is 2. The Morgan fingerprint density at radius 2 is 2.00 bits per heavy atom. The summed E-state index contributed by atoms with van der Waals surface area (Å²) in [6.45, 7) is 4.06. The molecule has 0 bridgehead atoms. The number of allylic oxidation sites excluding steroid dienone is 1. The van der Waals surface area contributed by atoms with Crippen molar-refractivity contribution in [3.05, 3.63) is 11.1 Å². The Hall–Kier alpha value is -1.32. The average molecular weight is 254 g/mol. The van der Waals surface area contributed by atoms with Crippen LogP contribution in [0, 0.1) is 11.8 Å². The summed E-state index contributed by atoms with van der Waals surface area (Å²) in [4.78, 5) is 22.9. The molecule has 0 heterocycles. The van der Waals surface area contributed by atoms with Gasteiger partial charge in [-0.05, 0) is 38.0 Å². The zero-order chi connectivity index (χ0) is 13.7. The van der Waals surface area contributed by atoms with Crippen LogP contribution in [0.15, 0.2) is 11.1 Å². The summed E-state index contributed by atoms with van der Waals surface area (Å²) in [6.07, 6.45) is 3.06.